The largest absolute Gasteiger partial charge is 0.496 e. The average Bonchev–Trinajstić information content (AvgIpc) is 2.91. The lowest BCUT2D eigenvalue weighted by atomic mass is 9.84. The van der Waals surface area contributed by atoms with Gasteiger partial charge in [0, 0.05) is 22.3 Å². The van der Waals surface area contributed by atoms with E-state index in [1.54, 1.807) is 31.0 Å². The molecular formula is C18H23BrN2O2S. The van der Waals surface area contributed by atoms with E-state index in [2.05, 4.69) is 32.7 Å². The molecule has 24 heavy (non-hydrogen) atoms. The quantitative estimate of drug-likeness (QED) is 0.703. The lowest BCUT2D eigenvalue weighted by molar-refractivity contribution is 0.0998. The Balaban J connectivity index is 1.83. The first kappa shape index (κ1) is 17.8. The zero-order valence-electron chi connectivity index (χ0n) is 14.2. The third kappa shape index (κ3) is 3.64. The second-order valence-corrected chi connectivity index (χ2v) is 8.81. The zero-order chi connectivity index (χ0) is 17.2. The van der Waals surface area contributed by atoms with Gasteiger partial charge in [-0.3, -0.25) is 4.79 Å². The summed E-state index contributed by atoms with van der Waals surface area (Å²) in [6.07, 6.45) is 6.03. The highest BCUT2D eigenvalue weighted by atomic mass is 79.9. The molecule has 1 spiro atoms. The highest BCUT2D eigenvalue weighted by Gasteiger charge is 2.47. The van der Waals surface area contributed by atoms with Gasteiger partial charge in [0.2, 0.25) is 0 Å². The third-order valence-electron chi connectivity index (χ3n) is 4.69. The summed E-state index contributed by atoms with van der Waals surface area (Å²) in [5.41, 5.74) is 0.513. The zero-order valence-corrected chi connectivity index (χ0v) is 16.6. The van der Waals surface area contributed by atoms with Crippen LogP contribution < -0.4 is 4.74 Å². The number of thioether (sulfide) groups is 1. The van der Waals surface area contributed by atoms with Gasteiger partial charge in [-0.2, -0.15) is 4.99 Å². The van der Waals surface area contributed by atoms with Crippen molar-refractivity contribution in [2.45, 2.75) is 43.8 Å². The van der Waals surface area contributed by atoms with E-state index in [1.807, 2.05) is 6.07 Å². The van der Waals surface area contributed by atoms with Gasteiger partial charge in [-0.1, -0.05) is 47.5 Å². The van der Waals surface area contributed by atoms with Crippen LogP contribution in [0.5, 0.6) is 5.75 Å². The molecule has 6 heteroatoms. The molecule has 1 aliphatic carbocycles. The molecule has 0 aromatic heterocycles. The van der Waals surface area contributed by atoms with Crippen molar-refractivity contribution in [1.29, 1.82) is 0 Å². The van der Waals surface area contributed by atoms with Crippen LogP contribution in [-0.4, -0.2) is 40.9 Å². The van der Waals surface area contributed by atoms with Gasteiger partial charge in [-0.25, -0.2) is 0 Å². The Morgan fingerprint density at radius 3 is 2.88 bits per heavy atom. The summed E-state index contributed by atoms with van der Waals surface area (Å²) in [5.74, 6) is 0.333. The van der Waals surface area contributed by atoms with E-state index in [-0.39, 0.29) is 5.91 Å². The van der Waals surface area contributed by atoms with Crippen molar-refractivity contribution in [3.63, 3.8) is 0 Å². The average molecular weight is 411 g/mol. The molecule has 1 amide bonds. The van der Waals surface area contributed by atoms with Gasteiger partial charge in [0.05, 0.1) is 12.7 Å². The predicted octanol–water partition coefficient (Wildman–Crippen LogP) is 4.73. The molecule has 2 fully saturated rings. The van der Waals surface area contributed by atoms with Gasteiger partial charge in [0.1, 0.15) is 5.75 Å². The summed E-state index contributed by atoms with van der Waals surface area (Å²) in [6, 6.07) is 5.42. The van der Waals surface area contributed by atoms with Crippen LogP contribution in [0.1, 0.15) is 49.4 Å². The molecule has 1 aliphatic heterocycles. The van der Waals surface area contributed by atoms with Crippen LogP contribution in [0.2, 0.25) is 0 Å². The Hall–Kier alpha value is -1.01. The number of hydrogen-bond donors (Lipinski definition) is 0. The summed E-state index contributed by atoms with van der Waals surface area (Å²) >= 11 is 5.21. The number of aliphatic imine (C=N–C) groups is 1. The fourth-order valence-corrected chi connectivity index (χ4v) is 5.00. The number of ether oxygens (including phenoxy) is 1. The molecule has 0 bridgehead atoms. The van der Waals surface area contributed by atoms with Crippen LogP contribution in [0.25, 0.3) is 0 Å². The van der Waals surface area contributed by atoms with Crippen LogP contribution in [0.15, 0.2) is 27.7 Å². The van der Waals surface area contributed by atoms with E-state index >= 15 is 0 Å². The molecule has 0 N–H and O–H groups in total. The molecule has 1 heterocycles. The first-order chi connectivity index (χ1) is 11.6. The van der Waals surface area contributed by atoms with Crippen LogP contribution >= 0.6 is 27.7 Å². The highest BCUT2D eigenvalue weighted by Crippen LogP contribution is 2.50. The molecule has 0 radical (unpaired) electrons. The Bertz CT molecular complexity index is 658. The van der Waals surface area contributed by atoms with Gasteiger partial charge < -0.3 is 9.64 Å². The topological polar surface area (TPSA) is 41.9 Å². The smallest absolute Gasteiger partial charge is 0.283 e. The monoisotopic (exact) mass is 410 g/mol. The SMILES string of the molecule is CCCCN1CC2(CCC2)S/C1=N\C(=O)c1ccc(Br)cc1OC. The number of rotatable bonds is 5. The summed E-state index contributed by atoms with van der Waals surface area (Å²) in [7, 11) is 1.58. The summed E-state index contributed by atoms with van der Waals surface area (Å²) < 4.78 is 6.52. The van der Waals surface area contributed by atoms with E-state index < -0.39 is 0 Å². The van der Waals surface area contributed by atoms with Gasteiger partial charge >= 0.3 is 0 Å². The number of halogens is 1. The van der Waals surface area contributed by atoms with Crippen molar-refractivity contribution in [3.05, 3.63) is 28.2 Å². The Labute approximate surface area is 156 Å². The molecule has 0 unspecified atom stereocenters. The Morgan fingerprint density at radius 1 is 1.46 bits per heavy atom. The fraction of sp³-hybridized carbons (Fsp3) is 0.556. The van der Waals surface area contributed by atoms with Crippen LogP contribution in [0.3, 0.4) is 0 Å². The van der Waals surface area contributed by atoms with Crippen molar-refractivity contribution in [1.82, 2.24) is 4.90 Å². The molecule has 130 valence electrons. The van der Waals surface area contributed by atoms with E-state index in [9.17, 15) is 4.79 Å². The van der Waals surface area contributed by atoms with Gasteiger partial charge in [-0.15, -0.1) is 0 Å². The van der Waals surface area contributed by atoms with Gasteiger partial charge in [0.15, 0.2) is 5.17 Å². The number of benzene rings is 1. The van der Waals surface area contributed by atoms with Gasteiger partial charge in [-0.05, 0) is 37.5 Å². The number of carbonyl (C=O) groups is 1. The molecule has 2 aliphatic rings. The third-order valence-corrected chi connectivity index (χ3v) is 6.69. The number of nitrogens with zero attached hydrogens (tertiary/aromatic N) is 2. The summed E-state index contributed by atoms with van der Waals surface area (Å²) in [4.78, 5) is 19.5. The minimum atomic E-state index is -0.222. The fourth-order valence-electron chi connectivity index (χ4n) is 3.14. The van der Waals surface area contributed by atoms with E-state index in [0.29, 0.717) is 16.1 Å². The second kappa shape index (κ2) is 7.48. The lowest BCUT2D eigenvalue weighted by Crippen LogP contribution is -2.38. The van der Waals surface area contributed by atoms with Crippen molar-refractivity contribution < 1.29 is 9.53 Å². The molecule has 4 nitrogen and oxygen atoms in total. The molecule has 1 aromatic rings. The predicted molar refractivity (Wildman–Crippen MR) is 103 cm³/mol. The highest BCUT2D eigenvalue weighted by molar-refractivity contribution is 9.10. The van der Waals surface area contributed by atoms with Crippen LogP contribution in [0.4, 0.5) is 0 Å². The second-order valence-electron chi connectivity index (χ2n) is 6.46. The normalized spacial score (nSPS) is 20.5. The molecular weight excluding hydrogens is 388 g/mol. The Morgan fingerprint density at radius 2 is 2.25 bits per heavy atom. The minimum Gasteiger partial charge on any atom is -0.496 e. The van der Waals surface area contributed by atoms with Gasteiger partial charge in [0.25, 0.3) is 5.91 Å². The maximum Gasteiger partial charge on any atom is 0.283 e. The first-order valence-corrected chi connectivity index (χ1v) is 10.1. The minimum absolute atomic E-state index is 0.222. The van der Waals surface area contributed by atoms with Crippen molar-refractivity contribution >= 4 is 38.8 Å². The molecule has 3 rings (SSSR count). The van der Waals surface area contributed by atoms with Crippen molar-refractivity contribution in [2.24, 2.45) is 4.99 Å². The molecule has 1 saturated carbocycles. The molecule has 0 atom stereocenters. The number of methoxy groups -OCH3 is 1. The van der Waals surface area contributed by atoms with E-state index in [1.165, 1.54) is 19.3 Å². The number of unbranched alkanes of at least 4 members (excludes halogenated alkanes) is 1. The first-order valence-electron chi connectivity index (χ1n) is 8.47. The maximum atomic E-state index is 12.7. The lowest BCUT2D eigenvalue weighted by Gasteiger charge is -2.36. The maximum absolute atomic E-state index is 12.7. The number of hydrogen-bond acceptors (Lipinski definition) is 3. The molecule has 1 aromatic carbocycles. The van der Waals surface area contributed by atoms with E-state index in [0.717, 1.165) is 35.6 Å². The number of amidine groups is 1. The van der Waals surface area contributed by atoms with E-state index in [4.69, 9.17) is 4.74 Å². The summed E-state index contributed by atoms with van der Waals surface area (Å²) in [6.45, 7) is 4.20. The van der Waals surface area contributed by atoms with Crippen molar-refractivity contribution in [2.75, 3.05) is 20.2 Å². The standard InChI is InChI=1S/C18H23BrN2O2S/c1-3-4-10-21-12-18(8-5-9-18)24-17(21)20-16(22)14-7-6-13(19)11-15(14)23-2/h6-7,11H,3-5,8-10,12H2,1-2H3/b20-17-. The van der Waals surface area contributed by atoms with Crippen molar-refractivity contribution in [3.8, 4) is 5.75 Å². The molecule has 1 saturated heterocycles. The number of amides is 1. The summed E-state index contributed by atoms with van der Waals surface area (Å²) in [5, 5.41) is 0.887. The Kier molecular flexibility index (Phi) is 5.55. The number of carbonyl (C=O) groups excluding carboxylic acids is 1. The van der Waals surface area contributed by atoms with Crippen LogP contribution in [-0.2, 0) is 0 Å². The van der Waals surface area contributed by atoms with Crippen LogP contribution in [0, 0.1) is 0 Å².